The predicted molar refractivity (Wildman–Crippen MR) is 114 cm³/mol. The Hall–Kier alpha value is -2.43. The number of unbranched alkanes of at least 4 members (excludes halogenated alkanes) is 2. The van der Waals surface area contributed by atoms with Gasteiger partial charge in [0.05, 0.1) is 11.4 Å². The van der Waals surface area contributed by atoms with Crippen molar-refractivity contribution in [1.82, 2.24) is 9.97 Å². The molecule has 0 atom stereocenters. The van der Waals surface area contributed by atoms with Crippen molar-refractivity contribution in [2.45, 2.75) is 39.0 Å². The molecule has 0 aliphatic heterocycles. The summed E-state index contributed by atoms with van der Waals surface area (Å²) in [5.41, 5.74) is 4.43. The van der Waals surface area contributed by atoms with Crippen LogP contribution in [0.25, 0.3) is 22.5 Å². The van der Waals surface area contributed by atoms with E-state index in [1.54, 1.807) is 0 Å². The molecule has 28 heavy (non-hydrogen) atoms. The van der Waals surface area contributed by atoms with Crippen LogP contribution in [0.1, 0.15) is 38.4 Å². The summed E-state index contributed by atoms with van der Waals surface area (Å²) in [6.07, 6.45) is 5.24. The predicted octanol–water partition coefficient (Wildman–Crippen LogP) is 5.86. The molecule has 0 spiro atoms. The lowest BCUT2D eigenvalue weighted by molar-refractivity contribution is -0.0543. The van der Waals surface area contributed by atoms with Crippen molar-refractivity contribution in [3.05, 3.63) is 66.5 Å². The van der Waals surface area contributed by atoms with Crippen LogP contribution in [0, 0.1) is 0 Å². The number of nitrogens with zero attached hydrogens (tertiary/aromatic N) is 1. The Morgan fingerprint density at radius 1 is 0.786 bits per heavy atom. The number of rotatable bonds is 12. The van der Waals surface area contributed by atoms with Crippen molar-refractivity contribution in [2.75, 3.05) is 20.0 Å². The molecule has 0 amide bonds. The first-order valence-electron chi connectivity index (χ1n) is 10.2. The average molecular weight is 379 g/mol. The van der Waals surface area contributed by atoms with E-state index in [0.29, 0.717) is 6.79 Å². The lowest BCUT2D eigenvalue weighted by atomic mass is 10.1. The van der Waals surface area contributed by atoms with E-state index in [2.05, 4.69) is 60.4 Å². The number of ether oxygens (including phenoxy) is 2. The summed E-state index contributed by atoms with van der Waals surface area (Å²) in [6.45, 7) is 4.03. The van der Waals surface area contributed by atoms with Crippen LogP contribution in [0.3, 0.4) is 0 Å². The monoisotopic (exact) mass is 378 g/mol. The summed E-state index contributed by atoms with van der Waals surface area (Å²) < 4.78 is 10.8. The second-order valence-electron chi connectivity index (χ2n) is 6.88. The van der Waals surface area contributed by atoms with Gasteiger partial charge < -0.3 is 14.5 Å². The minimum atomic E-state index is 0.410. The van der Waals surface area contributed by atoms with Gasteiger partial charge in [0.15, 0.2) is 0 Å². The van der Waals surface area contributed by atoms with E-state index in [-0.39, 0.29) is 0 Å². The second kappa shape index (κ2) is 11.4. The van der Waals surface area contributed by atoms with Crippen LogP contribution in [0.5, 0.6) is 0 Å². The van der Waals surface area contributed by atoms with Crippen molar-refractivity contribution in [3.8, 4) is 22.5 Å². The molecule has 1 aromatic heterocycles. The van der Waals surface area contributed by atoms with Crippen LogP contribution < -0.4 is 0 Å². The van der Waals surface area contributed by atoms with Crippen molar-refractivity contribution in [3.63, 3.8) is 0 Å². The van der Waals surface area contributed by atoms with Gasteiger partial charge in [0, 0.05) is 30.8 Å². The maximum absolute atomic E-state index is 5.48. The van der Waals surface area contributed by atoms with Gasteiger partial charge in [-0.2, -0.15) is 0 Å². The first-order valence-corrected chi connectivity index (χ1v) is 10.2. The summed E-state index contributed by atoms with van der Waals surface area (Å²) in [7, 11) is 0. The first kappa shape index (κ1) is 20.3. The van der Waals surface area contributed by atoms with Crippen molar-refractivity contribution in [1.29, 1.82) is 0 Å². The van der Waals surface area contributed by atoms with E-state index >= 15 is 0 Å². The molecule has 0 aliphatic carbocycles. The molecular weight excluding hydrogens is 348 g/mol. The smallest absolute Gasteiger partial charge is 0.146 e. The van der Waals surface area contributed by atoms with Crippen molar-refractivity contribution >= 4 is 0 Å². The zero-order chi connectivity index (χ0) is 19.4. The van der Waals surface area contributed by atoms with Crippen LogP contribution >= 0.6 is 0 Å². The van der Waals surface area contributed by atoms with E-state index in [0.717, 1.165) is 68.1 Å². The average Bonchev–Trinajstić information content (AvgIpc) is 3.18. The Labute approximate surface area is 167 Å². The molecule has 0 saturated carbocycles. The molecule has 4 heteroatoms. The number of hydrogen-bond acceptors (Lipinski definition) is 3. The highest BCUT2D eigenvalue weighted by Gasteiger charge is 2.13. The largest absolute Gasteiger partial charge is 0.355 e. The van der Waals surface area contributed by atoms with Crippen LogP contribution in [0.2, 0.25) is 0 Å². The molecule has 3 aromatic rings. The number of hydrogen-bond donors (Lipinski definition) is 1. The third-order valence-corrected chi connectivity index (χ3v) is 4.58. The number of aromatic nitrogens is 2. The van der Waals surface area contributed by atoms with Crippen molar-refractivity contribution < 1.29 is 9.47 Å². The van der Waals surface area contributed by atoms with Crippen LogP contribution in [-0.2, 0) is 15.9 Å². The van der Waals surface area contributed by atoms with Gasteiger partial charge in [0.1, 0.15) is 12.6 Å². The minimum Gasteiger partial charge on any atom is -0.355 e. The summed E-state index contributed by atoms with van der Waals surface area (Å²) >= 11 is 0. The van der Waals surface area contributed by atoms with E-state index in [1.165, 1.54) is 5.56 Å². The Morgan fingerprint density at radius 3 is 2.18 bits per heavy atom. The molecule has 0 bridgehead atoms. The molecule has 0 aliphatic rings. The molecular formula is C24H30N2O2. The maximum atomic E-state index is 5.48. The molecule has 0 fully saturated rings. The third-order valence-electron chi connectivity index (χ3n) is 4.58. The van der Waals surface area contributed by atoms with E-state index < -0.39 is 0 Å². The topological polar surface area (TPSA) is 47.1 Å². The van der Waals surface area contributed by atoms with E-state index in [4.69, 9.17) is 14.5 Å². The second-order valence-corrected chi connectivity index (χ2v) is 6.88. The molecule has 148 valence electrons. The zero-order valence-corrected chi connectivity index (χ0v) is 16.7. The first-order chi connectivity index (χ1) is 13.9. The maximum Gasteiger partial charge on any atom is 0.146 e. The fraction of sp³-hybridized carbons (Fsp3) is 0.375. The van der Waals surface area contributed by atoms with Gasteiger partial charge in [0.2, 0.25) is 0 Å². The fourth-order valence-electron chi connectivity index (χ4n) is 3.15. The molecule has 0 radical (unpaired) electrons. The fourth-order valence-corrected chi connectivity index (χ4v) is 3.15. The Balaban J connectivity index is 1.56. The third kappa shape index (κ3) is 6.04. The van der Waals surface area contributed by atoms with Gasteiger partial charge >= 0.3 is 0 Å². The molecule has 0 saturated heterocycles. The highest BCUT2D eigenvalue weighted by atomic mass is 16.7. The quantitative estimate of drug-likeness (QED) is 0.317. The lowest BCUT2D eigenvalue weighted by Crippen LogP contribution is -2.02. The normalized spacial score (nSPS) is 11.0. The minimum absolute atomic E-state index is 0.410. The number of imidazole rings is 1. The zero-order valence-electron chi connectivity index (χ0n) is 16.7. The highest BCUT2D eigenvalue weighted by Crippen LogP contribution is 2.30. The lowest BCUT2D eigenvalue weighted by Gasteiger charge is -2.04. The van der Waals surface area contributed by atoms with Gasteiger partial charge in [-0.3, -0.25) is 0 Å². The van der Waals surface area contributed by atoms with Gasteiger partial charge in [0.25, 0.3) is 0 Å². The Bertz CT molecular complexity index is 743. The van der Waals surface area contributed by atoms with Gasteiger partial charge in [-0.05, 0) is 19.3 Å². The summed E-state index contributed by atoms with van der Waals surface area (Å²) in [5.74, 6) is 1.05. The highest BCUT2D eigenvalue weighted by molar-refractivity contribution is 5.78. The van der Waals surface area contributed by atoms with Gasteiger partial charge in [-0.25, -0.2) is 4.98 Å². The molecule has 1 N–H and O–H groups in total. The summed E-state index contributed by atoms with van der Waals surface area (Å²) in [6, 6.07) is 20.8. The van der Waals surface area contributed by atoms with E-state index in [9.17, 15) is 0 Å². The van der Waals surface area contributed by atoms with Crippen LogP contribution in [0.4, 0.5) is 0 Å². The Kier molecular flexibility index (Phi) is 8.28. The SMILES string of the molecule is CCCOCOCCCCCc1nc(-c2ccccc2)c(-c2ccccc2)[nH]1. The van der Waals surface area contributed by atoms with Crippen molar-refractivity contribution in [2.24, 2.45) is 0 Å². The summed E-state index contributed by atoms with van der Waals surface area (Å²) in [5, 5.41) is 0. The number of H-pyrrole nitrogens is 1. The number of aryl methyl sites for hydroxylation is 1. The number of aromatic amines is 1. The van der Waals surface area contributed by atoms with Crippen LogP contribution in [-0.4, -0.2) is 30.0 Å². The molecule has 4 nitrogen and oxygen atoms in total. The molecule has 3 rings (SSSR count). The number of benzene rings is 2. The van der Waals surface area contributed by atoms with Gasteiger partial charge in [-0.15, -0.1) is 0 Å². The Morgan fingerprint density at radius 2 is 1.46 bits per heavy atom. The molecule has 2 aromatic carbocycles. The number of nitrogens with one attached hydrogen (secondary N) is 1. The summed E-state index contributed by atoms with van der Waals surface area (Å²) in [4.78, 5) is 8.48. The van der Waals surface area contributed by atoms with Crippen LogP contribution in [0.15, 0.2) is 60.7 Å². The standard InChI is InChI=1S/C24H30N2O2/c1-2-17-27-19-28-18-11-5-10-16-22-25-23(20-12-6-3-7-13-20)24(26-22)21-14-8-4-9-15-21/h3-4,6-9,12-15H,2,5,10-11,16-19H2,1H3,(H,25,26). The molecule has 1 heterocycles. The van der Waals surface area contributed by atoms with Gasteiger partial charge in [-0.1, -0.05) is 74.0 Å². The van der Waals surface area contributed by atoms with E-state index in [1.807, 2.05) is 12.1 Å². The molecule has 0 unspecified atom stereocenters.